The number of carbonyl (C=O) groups excluding carboxylic acids is 1. The molecule has 3 nitrogen and oxygen atoms in total. The van der Waals surface area contributed by atoms with Gasteiger partial charge in [0.1, 0.15) is 6.10 Å². The average molecular weight is 527 g/mol. The number of ether oxygens (including phenoxy) is 1. The summed E-state index contributed by atoms with van der Waals surface area (Å²) >= 11 is 0. The smallest absolute Gasteiger partial charge is 0.314 e. The van der Waals surface area contributed by atoms with Crippen LogP contribution in [-0.4, -0.2) is 26.0 Å². The standard InChI is InChI=1S/C33H54O3Si/c1-24-19-20-27(31(5,6)25-16-12-10-13-17-25)28(22-24)35-29(34)32(7)23-26-18-14-11-15-21-33(26,32)36-37(8,9)30(2,3)4/h10,12-13,16-17,24,26-28H,11,14-15,18-23H2,1-9H3/t24-,26+,27-,28-,32+,33-/m1/s1. The van der Waals surface area contributed by atoms with Crippen LogP contribution in [0.25, 0.3) is 0 Å². The van der Waals surface area contributed by atoms with Crippen molar-refractivity contribution in [3.63, 3.8) is 0 Å². The topological polar surface area (TPSA) is 35.5 Å². The molecule has 37 heavy (non-hydrogen) atoms. The number of benzene rings is 1. The Morgan fingerprint density at radius 1 is 0.973 bits per heavy atom. The predicted octanol–water partition coefficient (Wildman–Crippen LogP) is 9.06. The van der Waals surface area contributed by atoms with Gasteiger partial charge in [0, 0.05) is 5.92 Å². The number of hydrogen-bond donors (Lipinski definition) is 0. The van der Waals surface area contributed by atoms with Gasteiger partial charge in [0.05, 0.1) is 11.0 Å². The molecule has 3 aliphatic rings. The highest BCUT2D eigenvalue weighted by atomic mass is 28.4. The summed E-state index contributed by atoms with van der Waals surface area (Å²) in [4.78, 5) is 14.4. The molecule has 1 aromatic rings. The highest BCUT2D eigenvalue weighted by Crippen LogP contribution is 2.64. The molecule has 1 aromatic carbocycles. The first-order chi connectivity index (χ1) is 17.1. The van der Waals surface area contributed by atoms with Crippen LogP contribution in [0.1, 0.15) is 112 Å². The van der Waals surface area contributed by atoms with Crippen LogP contribution in [0.3, 0.4) is 0 Å². The van der Waals surface area contributed by atoms with Gasteiger partial charge >= 0.3 is 5.97 Å². The second-order valence-electron chi connectivity index (χ2n) is 15.1. The van der Waals surface area contributed by atoms with E-state index in [1.54, 1.807) is 0 Å². The van der Waals surface area contributed by atoms with Gasteiger partial charge in [0.25, 0.3) is 0 Å². The zero-order chi connectivity index (χ0) is 27.3. The summed E-state index contributed by atoms with van der Waals surface area (Å²) in [5.41, 5.74) is 0.369. The summed E-state index contributed by atoms with van der Waals surface area (Å²) in [5.74, 6) is 1.39. The van der Waals surface area contributed by atoms with Crippen molar-refractivity contribution in [3.8, 4) is 0 Å². The van der Waals surface area contributed by atoms with Crippen LogP contribution in [0.4, 0.5) is 0 Å². The summed E-state index contributed by atoms with van der Waals surface area (Å²) in [6.45, 7) is 20.9. The van der Waals surface area contributed by atoms with E-state index in [-0.39, 0.29) is 28.1 Å². The van der Waals surface area contributed by atoms with Crippen molar-refractivity contribution in [1.29, 1.82) is 0 Å². The molecule has 208 valence electrons. The zero-order valence-electron chi connectivity index (χ0n) is 25.3. The lowest BCUT2D eigenvalue weighted by Crippen LogP contribution is -2.71. The Kier molecular flexibility index (Phi) is 7.89. The van der Waals surface area contributed by atoms with E-state index in [1.165, 1.54) is 31.2 Å². The number of esters is 1. The third-order valence-electron chi connectivity index (χ3n) is 11.3. The average Bonchev–Trinajstić information content (AvgIpc) is 2.97. The van der Waals surface area contributed by atoms with Crippen LogP contribution in [0.5, 0.6) is 0 Å². The molecule has 0 amide bonds. The molecule has 6 atom stereocenters. The molecule has 3 fully saturated rings. The van der Waals surface area contributed by atoms with Crippen molar-refractivity contribution in [1.82, 2.24) is 0 Å². The minimum Gasteiger partial charge on any atom is -0.462 e. The summed E-state index contributed by atoms with van der Waals surface area (Å²) < 4.78 is 14.1. The molecule has 0 aliphatic heterocycles. The minimum atomic E-state index is -2.07. The predicted molar refractivity (Wildman–Crippen MR) is 156 cm³/mol. The fourth-order valence-corrected chi connectivity index (χ4v) is 9.38. The SMILES string of the molecule is C[C@@H]1CC[C@@H](C(C)(C)c2ccccc2)[C@H](OC(=O)[C@]2(C)C[C@@H]3CCCCC[C@@]32O[Si](C)(C)C(C)(C)C)C1. The molecule has 4 heteroatoms. The van der Waals surface area contributed by atoms with Gasteiger partial charge < -0.3 is 9.16 Å². The van der Waals surface area contributed by atoms with Crippen molar-refractivity contribution in [2.45, 2.75) is 142 Å². The Hall–Kier alpha value is -1.13. The van der Waals surface area contributed by atoms with Gasteiger partial charge in [0.2, 0.25) is 0 Å². The third kappa shape index (κ3) is 5.11. The lowest BCUT2D eigenvalue weighted by molar-refractivity contribution is -0.229. The van der Waals surface area contributed by atoms with Crippen molar-refractivity contribution >= 4 is 14.3 Å². The van der Waals surface area contributed by atoms with E-state index in [4.69, 9.17) is 9.16 Å². The fraction of sp³-hybridized carbons (Fsp3) is 0.788. The Bertz CT molecular complexity index is 948. The molecule has 0 unspecified atom stereocenters. The van der Waals surface area contributed by atoms with E-state index < -0.39 is 13.7 Å². The first-order valence-electron chi connectivity index (χ1n) is 15.1. The fourth-order valence-electron chi connectivity index (χ4n) is 7.67. The van der Waals surface area contributed by atoms with Gasteiger partial charge in [-0.05, 0) is 80.0 Å². The van der Waals surface area contributed by atoms with Crippen LogP contribution >= 0.6 is 0 Å². The molecule has 0 bridgehead atoms. The van der Waals surface area contributed by atoms with Crippen molar-refractivity contribution in [3.05, 3.63) is 35.9 Å². The summed E-state index contributed by atoms with van der Waals surface area (Å²) in [6, 6.07) is 10.8. The van der Waals surface area contributed by atoms with Crippen molar-refractivity contribution in [2.75, 3.05) is 0 Å². The second-order valence-corrected chi connectivity index (χ2v) is 19.9. The maximum absolute atomic E-state index is 14.4. The highest BCUT2D eigenvalue weighted by molar-refractivity contribution is 6.74. The largest absolute Gasteiger partial charge is 0.462 e. The molecule has 0 N–H and O–H groups in total. The summed E-state index contributed by atoms with van der Waals surface area (Å²) in [5, 5.41) is 0.114. The molecular formula is C33H54O3Si. The number of rotatable bonds is 6. The van der Waals surface area contributed by atoms with E-state index in [2.05, 4.69) is 91.9 Å². The maximum Gasteiger partial charge on any atom is 0.314 e. The molecular weight excluding hydrogens is 472 g/mol. The second kappa shape index (κ2) is 10.1. The molecule has 0 saturated heterocycles. The number of fused-ring (bicyclic) bond motifs is 1. The van der Waals surface area contributed by atoms with Crippen molar-refractivity contribution in [2.24, 2.45) is 23.2 Å². The molecule has 0 aromatic heterocycles. The lowest BCUT2D eigenvalue weighted by Gasteiger charge is -2.64. The van der Waals surface area contributed by atoms with Crippen LogP contribution in [0.15, 0.2) is 30.3 Å². The quantitative estimate of drug-likeness (QED) is 0.274. The van der Waals surface area contributed by atoms with E-state index >= 15 is 0 Å². The Morgan fingerprint density at radius 2 is 1.65 bits per heavy atom. The Balaban J connectivity index is 1.63. The minimum absolute atomic E-state index is 0.0114. The molecule has 4 rings (SSSR count). The zero-order valence-corrected chi connectivity index (χ0v) is 26.3. The molecule has 0 spiro atoms. The molecule has 3 saturated carbocycles. The number of carbonyl (C=O) groups is 1. The maximum atomic E-state index is 14.4. The van der Waals surface area contributed by atoms with Crippen LogP contribution in [0.2, 0.25) is 18.1 Å². The van der Waals surface area contributed by atoms with Crippen LogP contribution in [-0.2, 0) is 19.4 Å². The number of hydrogen-bond acceptors (Lipinski definition) is 3. The van der Waals surface area contributed by atoms with Crippen LogP contribution in [0, 0.1) is 23.2 Å². The van der Waals surface area contributed by atoms with E-state index in [0.717, 1.165) is 32.1 Å². The van der Waals surface area contributed by atoms with Gasteiger partial charge in [0.15, 0.2) is 8.32 Å². The van der Waals surface area contributed by atoms with Crippen LogP contribution < -0.4 is 0 Å². The monoisotopic (exact) mass is 526 g/mol. The normalized spacial score (nSPS) is 35.2. The van der Waals surface area contributed by atoms with Gasteiger partial charge in [-0.1, -0.05) is 97.6 Å². The molecule has 0 heterocycles. The first-order valence-corrected chi connectivity index (χ1v) is 18.0. The van der Waals surface area contributed by atoms with Crippen molar-refractivity contribution < 1.29 is 14.0 Å². The Labute approximate surface area is 228 Å². The van der Waals surface area contributed by atoms with Gasteiger partial charge in [-0.2, -0.15) is 0 Å². The van der Waals surface area contributed by atoms with E-state index in [9.17, 15) is 4.79 Å². The molecule has 0 radical (unpaired) electrons. The van der Waals surface area contributed by atoms with E-state index in [1.807, 2.05) is 0 Å². The third-order valence-corrected chi connectivity index (χ3v) is 15.8. The summed E-state index contributed by atoms with van der Waals surface area (Å²) in [7, 11) is -2.07. The molecule has 3 aliphatic carbocycles. The van der Waals surface area contributed by atoms with Gasteiger partial charge in [-0.3, -0.25) is 4.79 Å². The van der Waals surface area contributed by atoms with E-state index in [0.29, 0.717) is 17.8 Å². The first kappa shape index (κ1) is 28.9. The van der Waals surface area contributed by atoms with Gasteiger partial charge in [-0.25, -0.2) is 0 Å². The lowest BCUT2D eigenvalue weighted by atomic mass is 9.49. The summed E-state index contributed by atoms with van der Waals surface area (Å²) in [6.07, 6.45) is 9.97. The van der Waals surface area contributed by atoms with Gasteiger partial charge in [-0.15, -0.1) is 0 Å². The Morgan fingerprint density at radius 3 is 2.30 bits per heavy atom. The highest BCUT2D eigenvalue weighted by Gasteiger charge is 2.70.